The molecule has 0 unspecified atom stereocenters. The van der Waals surface area contributed by atoms with Crippen molar-refractivity contribution in [3.05, 3.63) is 53.3 Å². The molecule has 0 aliphatic rings. The van der Waals surface area contributed by atoms with Gasteiger partial charge in [-0.25, -0.2) is 13.4 Å². The molecule has 0 aliphatic carbocycles. The number of nitrogens with zero attached hydrogens (tertiary/aromatic N) is 1. The average Bonchev–Trinajstić information content (AvgIpc) is 2.37. The van der Waals surface area contributed by atoms with Crippen LogP contribution in [0.3, 0.4) is 0 Å². The number of rotatable bonds is 4. The fourth-order valence-corrected chi connectivity index (χ4v) is 3.02. The zero-order chi connectivity index (χ0) is 13.9. The summed E-state index contributed by atoms with van der Waals surface area (Å²) in [5, 5.41) is 0.478. The van der Waals surface area contributed by atoms with Crippen LogP contribution in [0.2, 0.25) is 5.15 Å². The highest BCUT2D eigenvalue weighted by Gasteiger charge is 2.06. The summed E-state index contributed by atoms with van der Waals surface area (Å²) in [6.07, 6.45) is 2.94. The lowest BCUT2D eigenvalue weighted by Crippen LogP contribution is -1.95. The van der Waals surface area contributed by atoms with Gasteiger partial charge in [-0.3, -0.25) is 0 Å². The molecule has 3 nitrogen and oxygen atoms in total. The van der Waals surface area contributed by atoms with E-state index in [1.54, 1.807) is 36.2 Å². The number of thioether (sulfide) groups is 1. The summed E-state index contributed by atoms with van der Waals surface area (Å²) < 4.78 is 22.7. The molecule has 0 radical (unpaired) electrons. The quantitative estimate of drug-likeness (QED) is 0.641. The van der Waals surface area contributed by atoms with Gasteiger partial charge in [-0.1, -0.05) is 17.7 Å². The van der Waals surface area contributed by atoms with Crippen LogP contribution in [0.4, 0.5) is 0 Å². The van der Waals surface area contributed by atoms with E-state index in [1.807, 2.05) is 18.2 Å². The molecule has 0 saturated carbocycles. The second-order valence-corrected chi connectivity index (χ2v) is 7.47. The summed E-state index contributed by atoms with van der Waals surface area (Å²) in [5.74, 6) is 0.766. The lowest BCUT2D eigenvalue weighted by Gasteiger charge is -2.03. The van der Waals surface area contributed by atoms with Crippen LogP contribution in [0.15, 0.2) is 52.4 Å². The molecular weight excluding hydrogens is 302 g/mol. The molecule has 19 heavy (non-hydrogen) atoms. The second kappa shape index (κ2) is 5.94. The molecule has 0 amide bonds. The molecule has 0 N–H and O–H groups in total. The van der Waals surface area contributed by atoms with E-state index >= 15 is 0 Å². The summed E-state index contributed by atoms with van der Waals surface area (Å²) in [5.41, 5.74) is 1.07. The van der Waals surface area contributed by atoms with Gasteiger partial charge in [0.05, 0.1) is 4.90 Å². The van der Waals surface area contributed by atoms with Crippen LogP contribution in [0.1, 0.15) is 5.56 Å². The van der Waals surface area contributed by atoms with E-state index in [9.17, 15) is 8.42 Å². The summed E-state index contributed by atoms with van der Waals surface area (Å²) in [6.45, 7) is 0. The molecule has 100 valence electrons. The van der Waals surface area contributed by atoms with Gasteiger partial charge in [0.2, 0.25) is 0 Å². The van der Waals surface area contributed by atoms with Crippen molar-refractivity contribution >= 4 is 33.2 Å². The van der Waals surface area contributed by atoms with Crippen molar-refractivity contribution < 1.29 is 8.42 Å². The molecule has 0 spiro atoms. The molecule has 0 bridgehead atoms. The molecular formula is C13H12ClNO2S2. The lowest BCUT2D eigenvalue weighted by atomic mass is 10.3. The monoisotopic (exact) mass is 313 g/mol. The van der Waals surface area contributed by atoms with Crippen molar-refractivity contribution in [2.45, 2.75) is 15.5 Å². The van der Waals surface area contributed by atoms with Crippen LogP contribution in [0.5, 0.6) is 0 Å². The molecule has 0 atom stereocenters. The lowest BCUT2D eigenvalue weighted by molar-refractivity contribution is 0.602. The first-order chi connectivity index (χ1) is 8.95. The maximum atomic E-state index is 11.3. The molecule has 2 aromatic rings. The molecule has 0 fully saturated rings. The van der Waals surface area contributed by atoms with Crippen LogP contribution in [-0.4, -0.2) is 19.7 Å². The third kappa shape index (κ3) is 4.23. The summed E-state index contributed by atoms with van der Waals surface area (Å²) in [7, 11) is -3.13. The molecule has 1 aromatic heterocycles. The fourth-order valence-electron chi connectivity index (χ4n) is 1.44. The zero-order valence-corrected chi connectivity index (χ0v) is 12.6. The van der Waals surface area contributed by atoms with E-state index in [-0.39, 0.29) is 0 Å². The number of hydrogen-bond donors (Lipinski definition) is 0. The molecule has 6 heteroatoms. The van der Waals surface area contributed by atoms with E-state index in [1.165, 1.54) is 6.26 Å². The van der Waals surface area contributed by atoms with Crippen molar-refractivity contribution in [1.29, 1.82) is 0 Å². The third-order valence-corrected chi connectivity index (χ3v) is 4.88. The number of aromatic nitrogens is 1. The Hall–Kier alpha value is -1.04. The Morgan fingerprint density at radius 2 is 1.84 bits per heavy atom. The van der Waals surface area contributed by atoms with Gasteiger partial charge in [-0.05, 0) is 35.9 Å². The first-order valence-corrected chi connectivity index (χ1v) is 8.74. The Bertz CT molecular complexity index is 652. The number of benzene rings is 1. The minimum atomic E-state index is -3.13. The zero-order valence-electron chi connectivity index (χ0n) is 10.2. The maximum Gasteiger partial charge on any atom is 0.175 e. The SMILES string of the molecule is CS(=O)(=O)c1ccc(SCc2ccc(Cl)nc2)cc1. The number of sulfone groups is 1. The van der Waals surface area contributed by atoms with Crippen molar-refractivity contribution in [2.24, 2.45) is 0 Å². The molecule has 0 saturated heterocycles. The van der Waals surface area contributed by atoms with Crippen LogP contribution in [0.25, 0.3) is 0 Å². The summed E-state index contributed by atoms with van der Waals surface area (Å²) in [4.78, 5) is 5.36. The van der Waals surface area contributed by atoms with Gasteiger partial charge in [0.15, 0.2) is 9.84 Å². The highest BCUT2D eigenvalue weighted by Crippen LogP contribution is 2.24. The second-order valence-electron chi connectivity index (χ2n) is 4.02. The van der Waals surface area contributed by atoms with Gasteiger partial charge in [0.1, 0.15) is 5.15 Å². The van der Waals surface area contributed by atoms with Gasteiger partial charge in [-0.2, -0.15) is 0 Å². The predicted molar refractivity (Wildman–Crippen MR) is 78.4 cm³/mol. The van der Waals surface area contributed by atoms with Gasteiger partial charge in [0, 0.05) is 23.1 Å². The number of hydrogen-bond acceptors (Lipinski definition) is 4. The molecule has 2 rings (SSSR count). The largest absolute Gasteiger partial charge is 0.244 e. The van der Waals surface area contributed by atoms with Crippen LogP contribution in [-0.2, 0) is 15.6 Å². The van der Waals surface area contributed by atoms with Gasteiger partial charge in [0.25, 0.3) is 0 Å². The Kier molecular flexibility index (Phi) is 4.50. The first kappa shape index (κ1) is 14.4. The van der Waals surface area contributed by atoms with Crippen LogP contribution < -0.4 is 0 Å². The summed E-state index contributed by atoms with van der Waals surface area (Å²) >= 11 is 7.33. The summed E-state index contributed by atoms with van der Waals surface area (Å²) in [6, 6.07) is 10.5. The van der Waals surface area contributed by atoms with Crippen molar-refractivity contribution in [3.8, 4) is 0 Å². The van der Waals surface area contributed by atoms with Gasteiger partial charge >= 0.3 is 0 Å². The third-order valence-electron chi connectivity index (χ3n) is 2.45. The van der Waals surface area contributed by atoms with E-state index in [2.05, 4.69) is 4.98 Å². The van der Waals surface area contributed by atoms with Crippen molar-refractivity contribution in [2.75, 3.05) is 6.26 Å². The van der Waals surface area contributed by atoms with Crippen LogP contribution in [0, 0.1) is 0 Å². The standard InChI is InChI=1S/C13H12ClNO2S2/c1-19(16,17)12-5-3-11(4-6-12)18-9-10-2-7-13(14)15-8-10/h2-8H,9H2,1H3. The van der Waals surface area contributed by atoms with Crippen molar-refractivity contribution in [3.63, 3.8) is 0 Å². The Morgan fingerprint density at radius 3 is 2.37 bits per heavy atom. The number of pyridine rings is 1. The maximum absolute atomic E-state index is 11.3. The van der Waals surface area contributed by atoms with E-state index in [0.717, 1.165) is 16.2 Å². The number of halogens is 1. The van der Waals surface area contributed by atoms with E-state index < -0.39 is 9.84 Å². The molecule has 1 heterocycles. The Morgan fingerprint density at radius 1 is 1.16 bits per heavy atom. The van der Waals surface area contributed by atoms with E-state index in [0.29, 0.717) is 10.0 Å². The molecule has 0 aliphatic heterocycles. The normalized spacial score (nSPS) is 11.5. The minimum absolute atomic E-state index is 0.338. The van der Waals surface area contributed by atoms with Crippen molar-refractivity contribution in [1.82, 2.24) is 4.98 Å². The molecule has 1 aromatic carbocycles. The van der Waals surface area contributed by atoms with E-state index in [4.69, 9.17) is 11.6 Å². The highest BCUT2D eigenvalue weighted by molar-refractivity contribution is 7.98. The van der Waals surface area contributed by atoms with Gasteiger partial charge in [-0.15, -0.1) is 11.8 Å². The average molecular weight is 314 g/mol. The Labute approximate surface area is 121 Å². The fraction of sp³-hybridized carbons (Fsp3) is 0.154. The highest BCUT2D eigenvalue weighted by atomic mass is 35.5. The topological polar surface area (TPSA) is 47.0 Å². The minimum Gasteiger partial charge on any atom is -0.244 e. The Balaban J connectivity index is 2.02. The smallest absolute Gasteiger partial charge is 0.175 e. The van der Waals surface area contributed by atoms with Gasteiger partial charge < -0.3 is 0 Å². The first-order valence-electron chi connectivity index (χ1n) is 5.48. The van der Waals surface area contributed by atoms with Crippen LogP contribution >= 0.6 is 23.4 Å². The predicted octanol–water partition coefficient (Wildman–Crippen LogP) is 3.43.